The number of ketones is 1. The Balaban J connectivity index is 2.35. The van der Waals surface area contributed by atoms with Crippen LogP contribution in [0.25, 0.3) is 0 Å². The smallest absolute Gasteiger partial charge is 0.136 e. The highest BCUT2D eigenvalue weighted by Crippen LogP contribution is 2.27. The van der Waals surface area contributed by atoms with Crippen LogP contribution in [-0.2, 0) is 4.79 Å². The Morgan fingerprint density at radius 2 is 2.12 bits per heavy atom. The molecule has 0 aromatic carbocycles. The quantitative estimate of drug-likeness (QED) is 0.736. The Morgan fingerprint density at radius 1 is 1.35 bits per heavy atom. The number of carbonyl (C=O) groups is 1. The predicted octanol–water partition coefficient (Wildman–Crippen LogP) is 3.68. The Hall–Kier alpha value is -0.370. The highest BCUT2D eigenvalue weighted by Gasteiger charge is 2.26. The van der Waals surface area contributed by atoms with Crippen molar-refractivity contribution in [3.8, 4) is 0 Å². The second-order valence-electron chi connectivity index (χ2n) is 5.71. The van der Waals surface area contributed by atoms with Crippen molar-refractivity contribution in [3.05, 3.63) is 0 Å². The third-order valence-corrected chi connectivity index (χ3v) is 4.20. The Labute approximate surface area is 106 Å². The summed E-state index contributed by atoms with van der Waals surface area (Å²) in [5.41, 5.74) is 5.95. The van der Waals surface area contributed by atoms with E-state index in [9.17, 15) is 4.79 Å². The molecule has 0 aliphatic heterocycles. The first-order valence-electron chi connectivity index (χ1n) is 7.45. The lowest BCUT2D eigenvalue weighted by molar-refractivity contribution is -0.125. The molecule has 17 heavy (non-hydrogen) atoms. The second-order valence-corrected chi connectivity index (χ2v) is 5.71. The lowest BCUT2D eigenvalue weighted by Gasteiger charge is -2.26. The molecule has 0 spiro atoms. The van der Waals surface area contributed by atoms with Crippen molar-refractivity contribution in [1.82, 2.24) is 0 Å². The molecular weight excluding hydrogens is 210 g/mol. The van der Waals surface area contributed by atoms with Crippen molar-refractivity contribution in [1.29, 1.82) is 0 Å². The van der Waals surface area contributed by atoms with Crippen LogP contribution in [0.3, 0.4) is 0 Å². The third-order valence-electron chi connectivity index (χ3n) is 4.20. The fraction of sp³-hybridized carbons (Fsp3) is 0.933. The van der Waals surface area contributed by atoms with Gasteiger partial charge in [0.2, 0.25) is 0 Å². The van der Waals surface area contributed by atoms with Gasteiger partial charge in [0.05, 0.1) is 0 Å². The molecule has 0 aromatic rings. The minimum atomic E-state index is 0.272. The van der Waals surface area contributed by atoms with Crippen LogP contribution in [0.5, 0.6) is 0 Å². The maximum atomic E-state index is 12.2. The zero-order chi connectivity index (χ0) is 12.7. The molecule has 1 aliphatic carbocycles. The third kappa shape index (κ3) is 5.20. The summed E-state index contributed by atoms with van der Waals surface area (Å²) < 4.78 is 0. The van der Waals surface area contributed by atoms with Crippen LogP contribution in [0.2, 0.25) is 0 Å². The van der Waals surface area contributed by atoms with E-state index < -0.39 is 0 Å². The standard InChI is InChI=1S/C15H29NO/c1-3-5-7-12(4-2)10-15(17)13-8-6-9-14(16)11-13/h12-14H,3-11,16H2,1-2H3. The van der Waals surface area contributed by atoms with Crippen molar-refractivity contribution in [2.24, 2.45) is 17.6 Å². The van der Waals surface area contributed by atoms with E-state index in [1.54, 1.807) is 0 Å². The van der Waals surface area contributed by atoms with E-state index in [1.165, 1.54) is 19.3 Å². The van der Waals surface area contributed by atoms with E-state index in [1.807, 2.05) is 0 Å². The molecular formula is C15H29NO. The van der Waals surface area contributed by atoms with Crippen molar-refractivity contribution < 1.29 is 4.79 Å². The first-order valence-corrected chi connectivity index (χ1v) is 7.45. The summed E-state index contributed by atoms with van der Waals surface area (Å²) in [5.74, 6) is 1.37. The molecule has 1 aliphatic rings. The monoisotopic (exact) mass is 239 g/mol. The molecule has 0 bridgehead atoms. The molecule has 3 unspecified atom stereocenters. The van der Waals surface area contributed by atoms with Crippen molar-refractivity contribution in [2.75, 3.05) is 0 Å². The largest absolute Gasteiger partial charge is 0.328 e. The first-order chi connectivity index (χ1) is 8.17. The summed E-state index contributed by atoms with van der Waals surface area (Å²) in [6.07, 6.45) is 9.92. The molecule has 100 valence electrons. The van der Waals surface area contributed by atoms with Gasteiger partial charge < -0.3 is 5.73 Å². The van der Waals surface area contributed by atoms with E-state index in [-0.39, 0.29) is 12.0 Å². The van der Waals surface area contributed by atoms with Crippen LogP contribution in [-0.4, -0.2) is 11.8 Å². The van der Waals surface area contributed by atoms with Gasteiger partial charge in [0.15, 0.2) is 0 Å². The van der Waals surface area contributed by atoms with Crippen LogP contribution < -0.4 is 5.73 Å². The maximum Gasteiger partial charge on any atom is 0.136 e. The predicted molar refractivity (Wildman–Crippen MR) is 72.9 cm³/mol. The van der Waals surface area contributed by atoms with Gasteiger partial charge >= 0.3 is 0 Å². The minimum Gasteiger partial charge on any atom is -0.328 e. The molecule has 0 amide bonds. The van der Waals surface area contributed by atoms with Crippen LogP contribution >= 0.6 is 0 Å². The average Bonchev–Trinajstić information content (AvgIpc) is 2.34. The molecule has 0 radical (unpaired) electrons. The van der Waals surface area contributed by atoms with E-state index >= 15 is 0 Å². The summed E-state index contributed by atoms with van der Waals surface area (Å²) in [6.45, 7) is 4.43. The number of unbranched alkanes of at least 4 members (excludes halogenated alkanes) is 1. The Morgan fingerprint density at radius 3 is 2.71 bits per heavy atom. The van der Waals surface area contributed by atoms with Gasteiger partial charge in [-0.1, -0.05) is 46.0 Å². The van der Waals surface area contributed by atoms with Crippen molar-refractivity contribution >= 4 is 5.78 Å². The fourth-order valence-corrected chi connectivity index (χ4v) is 2.91. The average molecular weight is 239 g/mol. The van der Waals surface area contributed by atoms with Gasteiger partial charge in [-0.3, -0.25) is 4.79 Å². The molecule has 3 atom stereocenters. The van der Waals surface area contributed by atoms with Crippen molar-refractivity contribution in [3.63, 3.8) is 0 Å². The zero-order valence-electron chi connectivity index (χ0n) is 11.6. The Kier molecular flexibility index (Phi) is 6.79. The first kappa shape index (κ1) is 14.7. The van der Waals surface area contributed by atoms with Crippen LogP contribution in [0.1, 0.15) is 71.6 Å². The molecule has 1 saturated carbocycles. The van der Waals surface area contributed by atoms with Crippen LogP contribution in [0, 0.1) is 11.8 Å². The van der Waals surface area contributed by atoms with Gasteiger partial charge in [0, 0.05) is 18.4 Å². The zero-order valence-corrected chi connectivity index (χ0v) is 11.6. The summed E-state index contributed by atoms with van der Waals surface area (Å²) in [5, 5.41) is 0. The molecule has 0 aromatic heterocycles. The number of rotatable bonds is 7. The maximum absolute atomic E-state index is 12.2. The molecule has 0 saturated heterocycles. The summed E-state index contributed by atoms with van der Waals surface area (Å²) >= 11 is 0. The SMILES string of the molecule is CCCCC(CC)CC(=O)C1CCCC(N)C1. The van der Waals surface area contributed by atoms with Gasteiger partial charge in [0.1, 0.15) is 5.78 Å². The van der Waals surface area contributed by atoms with Gasteiger partial charge in [-0.05, 0) is 25.2 Å². The molecule has 1 fully saturated rings. The van der Waals surface area contributed by atoms with Gasteiger partial charge in [0.25, 0.3) is 0 Å². The Bertz CT molecular complexity index is 227. The minimum absolute atomic E-state index is 0.272. The number of hydrogen-bond acceptors (Lipinski definition) is 2. The highest BCUT2D eigenvalue weighted by molar-refractivity contribution is 5.81. The lowest BCUT2D eigenvalue weighted by Crippen LogP contribution is -2.32. The van der Waals surface area contributed by atoms with Gasteiger partial charge in [-0.25, -0.2) is 0 Å². The van der Waals surface area contributed by atoms with E-state index in [4.69, 9.17) is 5.73 Å². The molecule has 2 heteroatoms. The number of carbonyl (C=O) groups excluding carboxylic acids is 1. The molecule has 1 rings (SSSR count). The van der Waals surface area contributed by atoms with E-state index in [0.717, 1.165) is 38.5 Å². The summed E-state index contributed by atoms with van der Waals surface area (Å²) in [6, 6.07) is 0.272. The molecule has 0 heterocycles. The molecule has 2 N–H and O–H groups in total. The van der Waals surface area contributed by atoms with E-state index in [2.05, 4.69) is 13.8 Å². The number of hydrogen-bond donors (Lipinski definition) is 1. The summed E-state index contributed by atoms with van der Waals surface area (Å²) in [7, 11) is 0. The normalized spacial score (nSPS) is 26.8. The van der Waals surface area contributed by atoms with Crippen LogP contribution in [0.4, 0.5) is 0 Å². The lowest BCUT2D eigenvalue weighted by atomic mass is 9.80. The van der Waals surface area contributed by atoms with Crippen molar-refractivity contribution in [2.45, 2.75) is 77.7 Å². The van der Waals surface area contributed by atoms with Gasteiger partial charge in [-0.15, -0.1) is 0 Å². The highest BCUT2D eigenvalue weighted by atomic mass is 16.1. The number of Topliss-reactive ketones (excluding diaryl/α,β-unsaturated/α-hetero) is 1. The number of nitrogens with two attached hydrogens (primary N) is 1. The summed E-state index contributed by atoms with van der Waals surface area (Å²) in [4.78, 5) is 12.2. The molecule has 2 nitrogen and oxygen atoms in total. The topological polar surface area (TPSA) is 43.1 Å². The second kappa shape index (κ2) is 7.86. The fourth-order valence-electron chi connectivity index (χ4n) is 2.91. The van der Waals surface area contributed by atoms with E-state index in [0.29, 0.717) is 11.7 Å². The van der Waals surface area contributed by atoms with Crippen LogP contribution in [0.15, 0.2) is 0 Å². The van der Waals surface area contributed by atoms with Gasteiger partial charge in [-0.2, -0.15) is 0 Å².